The van der Waals surface area contributed by atoms with E-state index in [4.69, 9.17) is 0 Å². The molecule has 2 amide bonds. The van der Waals surface area contributed by atoms with Crippen molar-refractivity contribution in [2.24, 2.45) is 5.92 Å². The maximum Gasteiger partial charge on any atom is 0.393 e. The summed E-state index contributed by atoms with van der Waals surface area (Å²) in [6.45, 7) is 0.877. The van der Waals surface area contributed by atoms with Crippen molar-refractivity contribution in [2.45, 2.75) is 32.1 Å². The number of halogens is 3. The molecule has 2 heterocycles. The Bertz CT molecular complexity index is 588. The third-order valence-corrected chi connectivity index (χ3v) is 4.87. The van der Waals surface area contributed by atoms with Gasteiger partial charge in [0, 0.05) is 18.3 Å². The molecule has 2 N–H and O–H groups in total. The molecule has 1 saturated heterocycles. The lowest BCUT2D eigenvalue weighted by Gasteiger charge is -2.27. The van der Waals surface area contributed by atoms with Gasteiger partial charge in [0.1, 0.15) is 0 Å². The molecule has 1 fully saturated rings. The number of carbonyl (C=O) groups excluding carboxylic acids is 2. The highest BCUT2D eigenvalue weighted by Crippen LogP contribution is 2.39. The summed E-state index contributed by atoms with van der Waals surface area (Å²) in [7, 11) is 0. The topological polar surface area (TPSA) is 69.6 Å². The maximum atomic E-state index is 12.9. The van der Waals surface area contributed by atoms with Crippen molar-refractivity contribution in [1.82, 2.24) is 10.2 Å². The molecule has 2 rings (SSSR count). The minimum Gasteiger partial charge on any atom is -0.394 e. The summed E-state index contributed by atoms with van der Waals surface area (Å²) in [4.78, 5) is 25.4. The summed E-state index contributed by atoms with van der Waals surface area (Å²) in [6, 6.07) is 1.93. The van der Waals surface area contributed by atoms with E-state index in [2.05, 4.69) is 5.32 Å². The van der Waals surface area contributed by atoms with Crippen LogP contribution in [-0.2, 0) is 11.3 Å². The number of nitrogens with zero attached hydrogens (tertiary/aromatic N) is 1. The molecule has 1 aliphatic rings. The molecule has 0 bridgehead atoms. The van der Waals surface area contributed by atoms with Crippen LogP contribution in [0.3, 0.4) is 0 Å². The van der Waals surface area contributed by atoms with Crippen LogP contribution in [0.5, 0.6) is 0 Å². The molecule has 128 valence electrons. The lowest BCUT2D eigenvalue weighted by molar-refractivity contribution is -0.181. The Kier molecular flexibility index (Phi) is 5.30. The Hall–Kier alpha value is -1.61. The van der Waals surface area contributed by atoms with Crippen molar-refractivity contribution < 1.29 is 27.9 Å². The highest BCUT2D eigenvalue weighted by atomic mass is 32.1. The van der Waals surface area contributed by atoms with Crippen molar-refractivity contribution in [2.75, 3.05) is 13.2 Å². The van der Waals surface area contributed by atoms with Gasteiger partial charge in [-0.25, -0.2) is 0 Å². The van der Waals surface area contributed by atoms with E-state index in [1.165, 1.54) is 13.0 Å². The monoisotopic (exact) mass is 350 g/mol. The van der Waals surface area contributed by atoms with Crippen LogP contribution in [0.1, 0.15) is 27.9 Å². The van der Waals surface area contributed by atoms with Crippen LogP contribution in [0, 0.1) is 5.92 Å². The van der Waals surface area contributed by atoms with E-state index in [9.17, 15) is 27.9 Å². The van der Waals surface area contributed by atoms with E-state index in [-0.39, 0.29) is 25.4 Å². The number of aliphatic hydroxyl groups excluding tert-OH is 1. The molecule has 0 saturated carbocycles. The van der Waals surface area contributed by atoms with Crippen LogP contribution in [0.2, 0.25) is 0 Å². The van der Waals surface area contributed by atoms with E-state index >= 15 is 0 Å². The number of alkyl halides is 3. The first-order chi connectivity index (χ1) is 10.7. The minimum atomic E-state index is -4.44. The molecule has 23 heavy (non-hydrogen) atoms. The fourth-order valence-corrected chi connectivity index (χ4v) is 3.56. The van der Waals surface area contributed by atoms with E-state index in [0.29, 0.717) is 4.88 Å². The zero-order valence-electron chi connectivity index (χ0n) is 12.4. The van der Waals surface area contributed by atoms with E-state index < -0.39 is 30.7 Å². The second kappa shape index (κ2) is 6.88. The van der Waals surface area contributed by atoms with Gasteiger partial charge in [-0.05, 0) is 18.6 Å². The number of aliphatic hydroxyl groups is 1. The summed E-state index contributed by atoms with van der Waals surface area (Å²) < 4.78 is 38.8. The number of amides is 2. The van der Waals surface area contributed by atoms with Crippen LogP contribution >= 0.6 is 11.3 Å². The third kappa shape index (κ3) is 4.03. The largest absolute Gasteiger partial charge is 0.394 e. The summed E-state index contributed by atoms with van der Waals surface area (Å²) in [5.41, 5.74) is 0. The van der Waals surface area contributed by atoms with Gasteiger partial charge in [-0.15, -0.1) is 11.3 Å². The molecule has 0 radical (unpaired) electrons. The smallest absolute Gasteiger partial charge is 0.393 e. The van der Waals surface area contributed by atoms with Gasteiger partial charge < -0.3 is 15.3 Å². The molecule has 2 atom stereocenters. The molecule has 5 nitrogen and oxygen atoms in total. The van der Waals surface area contributed by atoms with Crippen molar-refractivity contribution in [1.29, 1.82) is 0 Å². The van der Waals surface area contributed by atoms with Crippen LogP contribution in [-0.4, -0.2) is 47.2 Å². The number of nitrogens with one attached hydrogen (secondary N) is 1. The average Bonchev–Trinajstić information content (AvgIpc) is 3.10. The van der Waals surface area contributed by atoms with Gasteiger partial charge in [0.05, 0.1) is 30.0 Å². The Labute approximate surface area is 135 Å². The Balaban J connectivity index is 2.09. The van der Waals surface area contributed by atoms with Gasteiger partial charge >= 0.3 is 6.18 Å². The summed E-state index contributed by atoms with van der Waals surface area (Å²) in [5, 5.41) is 11.9. The van der Waals surface area contributed by atoms with Crippen LogP contribution in [0.4, 0.5) is 13.2 Å². The third-order valence-electron chi connectivity index (χ3n) is 3.80. The first kappa shape index (κ1) is 17.7. The first-order valence-corrected chi connectivity index (χ1v) is 7.87. The highest BCUT2D eigenvalue weighted by Gasteiger charge is 2.51. The molecule has 1 aromatic heterocycles. The molecular formula is C14H17F3N2O3S. The SMILES string of the molecule is CC(=O)NCc1ccc(C(=O)N2CC[C@@H](C(F)(F)F)[C@H]2CO)s1. The Morgan fingerprint density at radius 3 is 2.70 bits per heavy atom. The molecule has 0 spiro atoms. The van der Waals surface area contributed by atoms with Crippen LogP contribution in [0.15, 0.2) is 12.1 Å². The number of likely N-dealkylation sites (tertiary alicyclic amines) is 1. The molecular weight excluding hydrogens is 333 g/mol. The molecule has 0 aromatic carbocycles. The number of hydrogen-bond acceptors (Lipinski definition) is 4. The molecule has 0 aliphatic carbocycles. The summed E-state index contributed by atoms with van der Waals surface area (Å²) in [6.07, 6.45) is -4.64. The standard InChI is InChI=1S/C14H17F3N2O3S/c1-8(21)18-6-9-2-3-12(23-9)13(22)19-5-4-10(11(19)7-20)14(15,16)17/h2-3,10-11,20H,4-7H2,1H3,(H,18,21)/t10-,11-/m1/s1. The van der Waals surface area contributed by atoms with E-state index in [0.717, 1.165) is 21.1 Å². The second-order valence-corrected chi connectivity index (χ2v) is 6.53. The van der Waals surface area contributed by atoms with Crippen molar-refractivity contribution in [3.05, 3.63) is 21.9 Å². The van der Waals surface area contributed by atoms with Crippen molar-refractivity contribution >= 4 is 23.2 Å². The van der Waals surface area contributed by atoms with Crippen molar-refractivity contribution in [3.63, 3.8) is 0 Å². The van der Waals surface area contributed by atoms with Gasteiger partial charge in [-0.2, -0.15) is 13.2 Å². The van der Waals surface area contributed by atoms with E-state index in [1.54, 1.807) is 6.07 Å². The lowest BCUT2D eigenvalue weighted by atomic mass is 10.0. The summed E-state index contributed by atoms with van der Waals surface area (Å²) in [5.74, 6) is -2.43. The zero-order valence-corrected chi connectivity index (χ0v) is 13.2. The Morgan fingerprint density at radius 2 is 2.13 bits per heavy atom. The number of carbonyl (C=O) groups is 2. The normalized spacial score (nSPS) is 21.5. The molecule has 1 aliphatic heterocycles. The van der Waals surface area contributed by atoms with Gasteiger partial charge in [0.25, 0.3) is 5.91 Å². The predicted octanol–water partition coefficient (Wildman–Crippen LogP) is 1.77. The van der Waals surface area contributed by atoms with Gasteiger partial charge in [0.15, 0.2) is 0 Å². The van der Waals surface area contributed by atoms with Gasteiger partial charge in [0.2, 0.25) is 5.91 Å². The number of rotatable bonds is 4. The first-order valence-electron chi connectivity index (χ1n) is 7.05. The lowest BCUT2D eigenvalue weighted by Crippen LogP contribution is -2.43. The fourth-order valence-electron chi connectivity index (χ4n) is 2.65. The summed E-state index contributed by atoms with van der Waals surface area (Å²) >= 11 is 1.12. The average molecular weight is 350 g/mol. The van der Waals surface area contributed by atoms with Crippen molar-refractivity contribution in [3.8, 4) is 0 Å². The predicted molar refractivity (Wildman–Crippen MR) is 77.9 cm³/mol. The van der Waals surface area contributed by atoms with E-state index in [1.807, 2.05) is 0 Å². The highest BCUT2D eigenvalue weighted by molar-refractivity contribution is 7.14. The second-order valence-electron chi connectivity index (χ2n) is 5.36. The number of hydrogen-bond donors (Lipinski definition) is 2. The fraction of sp³-hybridized carbons (Fsp3) is 0.571. The zero-order chi connectivity index (χ0) is 17.2. The van der Waals surface area contributed by atoms with Crippen LogP contribution < -0.4 is 5.32 Å². The molecule has 9 heteroatoms. The quantitative estimate of drug-likeness (QED) is 0.870. The molecule has 0 unspecified atom stereocenters. The maximum absolute atomic E-state index is 12.9. The molecule has 1 aromatic rings. The Morgan fingerprint density at radius 1 is 1.43 bits per heavy atom. The number of thiophene rings is 1. The van der Waals surface area contributed by atoms with Gasteiger partial charge in [-0.3, -0.25) is 9.59 Å². The van der Waals surface area contributed by atoms with Gasteiger partial charge in [-0.1, -0.05) is 0 Å². The minimum absolute atomic E-state index is 0.0346. The van der Waals surface area contributed by atoms with Crippen LogP contribution in [0.25, 0.3) is 0 Å².